The van der Waals surface area contributed by atoms with E-state index < -0.39 is 0 Å². The number of para-hydroxylation sites is 1. The van der Waals surface area contributed by atoms with Crippen molar-refractivity contribution in [3.05, 3.63) is 53.2 Å². The van der Waals surface area contributed by atoms with Crippen molar-refractivity contribution in [3.63, 3.8) is 0 Å². The van der Waals surface area contributed by atoms with E-state index in [4.69, 9.17) is 4.98 Å². The molecule has 1 aliphatic heterocycles. The van der Waals surface area contributed by atoms with Gasteiger partial charge in [0.2, 0.25) is 0 Å². The Hall–Kier alpha value is -2.35. The zero-order valence-electron chi connectivity index (χ0n) is 12.7. The Balaban J connectivity index is 2.00. The van der Waals surface area contributed by atoms with Gasteiger partial charge in [-0.2, -0.15) is 0 Å². The Bertz CT molecular complexity index is 925. The molecule has 2 aliphatic rings. The smallest absolute Gasteiger partial charge is 0.0732 e. The summed E-state index contributed by atoms with van der Waals surface area (Å²) in [5.74, 6) is 0. The average Bonchev–Trinajstić information content (AvgIpc) is 2.57. The first-order valence-corrected chi connectivity index (χ1v) is 8.14. The van der Waals surface area contributed by atoms with Crippen molar-refractivity contribution in [1.82, 2.24) is 4.98 Å². The molecule has 108 valence electrons. The van der Waals surface area contributed by atoms with Crippen molar-refractivity contribution in [2.24, 2.45) is 0 Å². The predicted molar refractivity (Wildman–Crippen MR) is 91.8 cm³/mol. The quantitative estimate of drug-likeness (QED) is 0.484. The Morgan fingerprint density at radius 2 is 1.86 bits per heavy atom. The molecular formula is C20H18N2. The van der Waals surface area contributed by atoms with Crippen molar-refractivity contribution in [1.29, 1.82) is 0 Å². The van der Waals surface area contributed by atoms with Gasteiger partial charge in [0.25, 0.3) is 0 Å². The first-order valence-electron chi connectivity index (χ1n) is 8.14. The molecule has 3 aromatic rings. The van der Waals surface area contributed by atoms with Gasteiger partial charge in [-0.05, 0) is 55.9 Å². The lowest BCUT2D eigenvalue weighted by Crippen LogP contribution is -2.12. The number of nitrogens with zero attached hydrogens (tertiary/aromatic N) is 1. The Morgan fingerprint density at radius 1 is 1.00 bits per heavy atom. The molecule has 2 heteroatoms. The van der Waals surface area contributed by atoms with Crippen LogP contribution in [0, 0.1) is 6.92 Å². The molecule has 0 radical (unpaired) electrons. The van der Waals surface area contributed by atoms with Gasteiger partial charge < -0.3 is 5.32 Å². The van der Waals surface area contributed by atoms with Crippen LogP contribution in [-0.4, -0.2) is 4.98 Å². The minimum atomic E-state index is 1.12. The second-order valence-electron chi connectivity index (χ2n) is 6.44. The fraction of sp³-hybridized carbons (Fsp3) is 0.250. The van der Waals surface area contributed by atoms with Gasteiger partial charge in [0.1, 0.15) is 0 Å². The molecule has 0 atom stereocenters. The Kier molecular flexibility index (Phi) is 2.40. The first-order chi connectivity index (χ1) is 10.8. The van der Waals surface area contributed by atoms with E-state index in [2.05, 4.69) is 48.6 Å². The molecular weight excluding hydrogens is 268 g/mol. The molecule has 1 N–H and O–H groups in total. The van der Waals surface area contributed by atoms with Crippen LogP contribution in [0.25, 0.3) is 22.0 Å². The molecule has 0 unspecified atom stereocenters. The van der Waals surface area contributed by atoms with Gasteiger partial charge in [0, 0.05) is 27.9 Å². The third kappa shape index (κ3) is 1.52. The molecule has 0 spiro atoms. The molecule has 0 amide bonds. The molecule has 22 heavy (non-hydrogen) atoms. The van der Waals surface area contributed by atoms with E-state index in [0.29, 0.717) is 0 Å². The number of pyridine rings is 1. The summed E-state index contributed by atoms with van der Waals surface area (Å²) in [5.41, 5.74) is 10.5. The van der Waals surface area contributed by atoms with Crippen LogP contribution in [0.1, 0.15) is 29.7 Å². The third-order valence-electron chi connectivity index (χ3n) is 5.09. The summed E-state index contributed by atoms with van der Waals surface area (Å²) in [6.45, 7) is 2.18. The van der Waals surface area contributed by atoms with Crippen LogP contribution in [0.3, 0.4) is 0 Å². The minimum absolute atomic E-state index is 1.12. The van der Waals surface area contributed by atoms with E-state index in [1.807, 2.05) is 0 Å². The van der Waals surface area contributed by atoms with Gasteiger partial charge in [0.15, 0.2) is 0 Å². The fourth-order valence-electron chi connectivity index (χ4n) is 4.02. The maximum absolute atomic E-state index is 4.99. The van der Waals surface area contributed by atoms with Crippen LogP contribution in [-0.2, 0) is 12.8 Å². The zero-order valence-corrected chi connectivity index (χ0v) is 12.7. The lowest BCUT2D eigenvalue weighted by atomic mass is 9.84. The molecule has 1 aromatic heterocycles. The van der Waals surface area contributed by atoms with Crippen molar-refractivity contribution in [2.45, 2.75) is 32.6 Å². The van der Waals surface area contributed by atoms with Crippen LogP contribution >= 0.6 is 0 Å². The van der Waals surface area contributed by atoms with Crippen molar-refractivity contribution in [2.75, 3.05) is 5.32 Å². The lowest BCUT2D eigenvalue weighted by molar-refractivity contribution is 0.672. The van der Waals surface area contributed by atoms with Gasteiger partial charge in [-0.25, -0.2) is 0 Å². The molecule has 1 aliphatic carbocycles. The van der Waals surface area contributed by atoms with Crippen molar-refractivity contribution < 1.29 is 0 Å². The van der Waals surface area contributed by atoms with Crippen molar-refractivity contribution >= 4 is 22.3 Å². The number of nitrogens with one attached hydrogen (secondary N) is 1. The highest BCUT2D eigenvalue weighted by molar-refractivity contribution is 6.12. The molecule has 5 rings (SSSR count). The number of aromatic nitrogens is 1. The van der Waals surface area contributed by atoms with E-state index in [1.54, 1.807) is 0 Å². The highest BCUT2D eigenvalue weighted by Gasteiger charge is 2.26. The number of aryl methyl sites for hydroxylation is 2. The van der Waals surface area contributed by atoms with Crippen molar-refractivity contribution in [3.8, 4) is 11.1 Å². The molecule has 0 saturated carbocycles. The first kappa shape index (κ1) is 12.2. The van der Waals surface area contributed by atoms with Gasteiger partial charge in [-0.1, -0.05) is 24.3 Å². The number of anilines is 2. The van der Waals surface area contributed by atoms with Gasteiger partial charge in [0.05, 0.1) is 11.2 Å². The van der Waals surface area contributed by atoms with E-state index in [-0.39, 0.29) is 0 Å². The number of hydrogen-bond acceptors (Lipinski definition) is 2. The van der Waals surface area contributed by atoms with Crippen LogP contribution in [0.4, 0.5) is 11.4 Å². The number of benzene rings is 2. The summed E-state index contributed by atoms with van der Waals surface area (Å²) < 4.78 is 0. The summed E-state index contributed by atoms with van der Waals surface area (Å²) in [7, 11) is 0. The third-order valence-corrected chi connectivity index (χ3v) is 5.09. The molecule has 2 heterocycles. The second-order valence-corrected chi connectivity index (χ2v) is 6.44. The molecule has 2 aromatic carbocycles. The van der Waals surface area contributed by atoms with Gasteiger partial charge in [-0.3, -0.25) is 4.98 Å². The van der Waals surface area contributed by atoms with E-state index in [0.717, 1.165) is 18.4 Å². The number of hydrogen-bond donors (Lipinski definition) is 1. The summed E-state index contributed by atoms with van der Waals surface area (Å²) in [6.07, 6.45) is 4.83. The van der Waals surface area contributed by atoms with Gasteiger partial charge in [-0.15, -0.1) is 0 Å². The predicted octanol–water partition coefficient (Wildman–Crippen LogP) is 5.15. The van der Waals surface area contributed by atoms with Crippen LogP contribution in [0.2, 0.25) is 0 Å². The van der Waals surface area contributed by atoms with E-state index >= 15 is 0 Å². The zero-order chi connectivity index (χ0) is 14.7. The molecule has 0 fully saturated rings. The van der Waals surface area contributed by atoms with Gasteiger partial charge >= 0.3 is 0 Å². The lowest BCUT2D eigenvalue weighted by Gasteiger charge is -2.28. The SMILES string of the molecule is Cc1ccc2nc3c(c4c2c1Nc1ccccc1-4)CCCC3. The monoisotopic (exact) mass is 286 g/mol. The van der Waals surface area contributed by atoms with Crippen LogP contribution < -0.4 is 5.32 Å². The minimum Gasteiger partial charge on any atom is -0.354 e. The fourth-order valence-corrected chi connectivity index (χ4v) is 4.02. The number of rotatable bonds is 0. The van der Waals surface area contributed by atoms with Crippen LogP contribution in [0.5, 0.6) is 0 Å². The normalized spacial score (nSPS) is 15.1. The standard InChI is InChI=1S/C20H18N2/c1-12-10-11-17-19-18(13-6-2-4-8-15(13)21-17)14-7-3-5-9-16(14)22-20(12)19/h3,5,7,9-11,22H,2,4,6,8H2,1H3. The highest BCUT2D eigenvalue weighted by Crippen LogP contribution is 2.47. The summed E-state index contributed by atoms with van der Waals surface area (Å²) in [4.78, 5) is 4.99. The highest BCUT2D eigenvalue weighted by atomic mass is 14.9. The Morgan fingerprint density at radius 3 is 2.82 bits per heavy atom. The second kappa shape index (κ2) is 4.33. The maximum Gasteiger partial charge on any atom is 0.0732 e. The van der Waals surface area contributed by atoms with Crippen LogP contribution in [0.15, 0.2) is 36.4 Å². The number of fused-ring (bicyclic) bond motifs is 4. The molecule has 2 nitrogen and oxygen atoms in total. The average molecular weight is 286 g/mol. The van der Waals surface area contributed by atoms with E-state index in [9.17, 15) is 0 Å². The molecule has 0 saturated heterocycles. The molecule has 0 bridgehead atoms. The topological polar surface area (TPSA) is 24.9 Å². The largest absolute Gasteiger partial charge is 0.354 e. The summed E-state index contributed by atoms with van der Waals surface area (Å²) >= 11 is 0. The maximum atomic E-state index is 4.99. The van der Waals surface area contributed by atoms with E-state index in [1.165, 1.54) is 57.6 Å². The summed E-state index contributed by atoms with van der Waals surface area (Å²) in [5, 5.41) is 4.96. The Labute approximate surface area is 130 Å². The summed E-state index contributed by atoms with van der Waals surface area (Å²) in [6, 6.07) is 13.1.